The van der Waals surface area contributed by atoms with Gasteiger partial charge in [-0.1, -0.05) is 31.9 Å². The number of benzene rings is 3. The van der Waals surface area contributed by atoms with Crippen LogP contribution in [-0.2, 0) is 0 Å². The lowest BCUT2D eigenvalue weighted by atomic mass is 10.1. The van der Waals surface area contributed by atoms with E-state index in [1.165, 1.54) is 0 Å². The molecule has 0 saturated heterocycles. The van der Waals surface area contributed by atoms with Crippen molar-refractivity contribution < 1.29 is 0 Å². The van der Waals surface area contributed by atoms with Gasteiger partial charge in [0.15, 0.2) is 0 Å². The van der Waals surface area contributed by atoms with Crippen molar-refractivity contribution in [3.05, 3.63) is 87.3 Å². The average molecular weight is 428 g/mol. The molecule has 3 rings (SSSR count). The normalized spacial score (nSPS) is 10.1. The van der Waals surface area contributed by atoms with Gasteiger partial charge in [0.05, 0.1) is 11.6 Å². The van der Waals surface area contributed by atoms with Gasteiger partial charge in [0.1, 0.15) is 0 Å². The van der Waals surface area contributed by atoms with Gasteiger partial charge in [-0.15, -0.1) is 0 Å². The summed E-state index contributed by atoms with van der Waals surface area (Å²) in [5.74, 6) is 0. The Morgan fingerprint density at radius 1 is 0.609 bits per heavy atom. The van der Waals surface area contributed by atoms with Crippen LogP contribution in [0.2, 0.25) is 0 Å². The number of anilines is 3. The molecule has 0 atom stereocenters. The quantitative estimate of drug-likeness (QED) is 0.473. The summed E-state index contributed by atoms with van der Waals surface area (Å²) in [6, 6.07) is 26.1. The summed E-state index contributed by atoms with van der Waals surface area (Å²) >= 11 is 6.95. The van der Waals surface area contributed by atoms with Crippen molar-refractivity contribution in [3.63, 3.8) is 0 Å². The Hall–Kier alpha value is -2.09. The second kappa shape index (κ2) is 6.99. The van der Waals surface area contributed by atoms with Crippen LogP contribution in [0.4, 0.5) is 17.1 Å². The van der Waals surface area contributed by atoms with Crippen molar-refractivity contribution in [2.24, 2.45) is 0 Å². The van der Waals surface area contributed by atoms with Crippen LogP contribution in [0.5, 0.6) is 0 Å². The third-order valence-electron chi connectivity index (χ3n) is 3.42. The molecule has 0 heterocycles. The first-order valence-electron chi connectivity index (χ1n) is 6.99. The van der Waals surface area contributed by atoms with E-state index in [1.54, 1.807) is 0 Å². The van der Waals surface area contributed by atoms with Crippen molar-refractivity contribution >= 4 is 48.9 Å². The third-order valence-corrected chi connectivity index (χ3v) is 4.48. The first kappa shape index (κ1) is 15.8. The Balaban J connectivity index is 2.10. The van der Waals surface area contributed by atoms with Crippen LogP contribution in [0.15, 0.2) is 81.7 Å². The highest BCUT2D eigenvalue weighted by atomic mass is 79.9. The minimum Gasteiger partial charge on any atom is -0.311 e. The SMILES string of the molecule is N#Cc1ccc(N(c2ccc(Br)cc2)c2ccc(Br)cc2)cc1. The largest absolute Gasteiger partial charge is 0.311 e. The molecule has 0 aromatic heterocycles. The van der Waals surface area contributed by atoms with Gasteiger partial charge in [0, 0.05) is 26.0 Å². The summed E-state index contributed by atoms with van der Waals surface area (Å²) in [4.78, 5) is 2.15. The molecule has 0 radical (unpaired) electrons. The summed E-state index contributed by atoms with van der Waals surface area (Å²) in [5, 5.41) is 8.99. The maximum Gasteiger partial charge on any atom is 0.0991 e. The van der Waals surface area contributed by atoms with Gasteiger partial charge in [0.2, 0.25) is 0 Å². The van der Waals surface area contributed by atoms with Crippen molar-refractivity contribution in [1.29, 1.82) is 5.26 Å². The standard InChI is InChI=1S/C19H12Br2N2/c20-15-3-9-18(10-4-15)23(19-11-5-16(21)6-12-19)17-7-1-14(13-22)2-8-17/h1-12H. The van der Waals surface area contributed by atoms with Crippen LogP contribution in [0.1, 0.15) is 5.56 Å². The third kappa shape index (κ3) is 3.64. The fraction of sp³-hybridized carbons (Fsp3) is 0. The minimum atomic E-state index is 0.653. The lowest BCUT2D eigenvalue weighted by Crippen LogP contribution is -2.09. The molecule has 112 valence electrons. The van der Waals surface area contributed by atoms with Crippen molar-refractivity contribution in [2.45, 2.75) is 0 Å². The monoisotopic (exact) mass is 426 g/mol. The van der Waals surface area contributed by atoms with Gasteiger partial charge in [-0.2, -0.15) is 5.26 Å². The summed E-state index contributed by atoms with van der Waals surface area (Å²) in [7, 11) is 0. The van der Waals surface area contributed by atoms with E-state index in [0.29, 0.717) is 5.56 Å². The molecule has 3 aromatic rings. The first-order chi connectivity index (χ1) is 11.2. The highest BCUT2D eigenvalue weighted by Gasteiger charge is 2.12. The van der Waals surface area contributed by atoms with E-state index in [4.69, 9.17) is 5.26 Å². The molecule has 4 heteroatoms. The Bertz CT molecular complexity index is 787. The van der Waals surface area contributed by atoms with Gasteiger partial charge >= 0.3 is 0 Å². The van der Waals surface area contributed by atoms with Gasteiger partial charge in [-0.3, -0.25) is 0 Å². The van der Waals surface area contributed by atoms with Crippen LogP contribution in [0, 0.1) is 11.3 Å². The van der Waals surface area contributed by atoms with Gasteiger partial charge in [-0.05, 0) is 72.8 Å². The fourth-order valence-corrected chi connectivity index (χ4v) is 2.84. The molecule has 0 unspecified atom stereocenters. The van der Waals surface area contributed by atoms with Crippen LogP contribution in [-0.4, -0.2) is 0 Å². The number of hydrogen-bond donors (Lipinski definition) is 0. The van der Waals surface area contributed by atoms with Gasteiger partial charge < -0.3 is 4.90 Å². The lowest BCUT2D eigenvalue weighted by Gasteiger charge is -2.25. The maximum atomic E-state index is 8.99. The lowest BCUT2D eigenvalue weighted by molar-refractivity contribution is 1.28. The Morgan fingerprint density at radius 2 is 0.957 bits per heavy atom. The highest BCUT2D eigenvalue weighted by Crippen LogP contribution is 2.35. The summed E-state index contributed by atoms with van der Waals surface area (Å²) < 4.78 is 2.08. The zero-order valence-corrected chi connectivity index (χ0v) is 15.3. The molecule has 2 nitrogen and oxygen atoms in total. The molecule has 0 aliphatic rings. The van der Waals surface area contributed by atoms with E-state index in [9.17, 15) is 0 Å². The van der Waals surface area contributed by atoms with E-state index in [2.05, 4.69) is 67.1 Å². The van der Waals surface area contributed by atoms with E-state index >= 15 is 0 Å². The van der Waals surface area contributed by atoms with E-state index in [-0.39, 0.29) is 0 Å². The molecule has 0 spiro atoms. The molecule has 0 amide bonds. The number of nitrogens with zero attached hydrogens (tertiary/aromatic N) is 2. The minimum absolute atomic E-state index is 0.653. The second-order valence-electron chi connectivity index (χ2n) is 4.95. The smallest absolute Gasteiger partial charge is 0.0991 e. The molecule has 3 aromatic carbocycles. The maximum absolute atomic E-state index is 8.99. The van der Waals surface area contributed by atoms with Crippen LogP contribution in [0.3, 0.4) is 0 Å². The van der Waals surface area contributed by atoms with E-state index in [1.807, 2.05) is 48.5 Å². The molecule has 23 heavy (non-hydrogen) atoms. The molecule has 0 bridgehead atoms. The van der Waals surface area contributed by atoms with Gasteiger partial charge in [0.25, 0.3) is 0 Å². The predicted octanol–water partition coefficient (Wildman–Crippen LogP) is 6.55. The van der Waals surface area contributed by atoms with Crippen molar-refractivity contribution in [2.75, 3.05) is 4.90 Å². The predicted molar refractivity (Wildman–Crippen MR) is 101 cm³/mol. The molecule has 0 fully saturated rings. The van der Waals surface area contributed by atoms with Crippen LogP contribution >= 0.6 is 31.9 Å². The van der Waals surface area contributed by atoms with Crippen molar-refractivity contribution in [1.82, 2.24) is 0 Å². The molecular formula is C19H12Br2N2. The second-order valence-corrected chi connectivity index (χ2v) is 6.78. The molecule has 0 N–H and O–H groups in total. The molecule has 0 aliphatic heterocycles. The first-order valence-corrected chi connectivity index (χ1v) is 8.57. The zero-order chi connectivity index (χ0) is 16.2. The number of nitriles is 1. The Morgan fingerprint density at radius 3 is 1.30 bits per heavy atom. The van der Waals surface area contributed by atoms with Gasteiger partial charge in [-0.25, -0.2) is 0 Å². The summed E-state index contributed by atoms with van der Waals surface area (Å²) in [6.07, 6.45) is 0. The summed E-state index contributed by atoms with van der Waals surface area (Å²) in [6.45, 7) is 0. The van der Waals surface area contributed by atoms with Crippen LogP contribution in [0.25, 0.3) is 0 Å². The fourth-order valence-electron chi connectivity index (χ4n) is 2.31. The number of halogens is 2. The number of rotatable bonds is 3. The zero-order valence-electron chi connectivity index (χ0n) is 12.1. The average Bonchev–Trinajstić information content (AvgIpc) is 2.59. The highest BCUT2D eigenvalue weighted by molar-refractivity contribution is 9.10. The van der Waals surface area contributed by atoms with Crippen molar-refractivity contribution in [3.8, 4) is 6.07 Å². The summed E-state index contributed by atoms with van der Waals surface area (Å²) in [5.41, 5.74) is 3.77. The van der Waals surface area contributed by atoms with E-state index < -0.39 is 0 Å². The Kier molecular flexibility index (Phi) is 4.80. The number of hydrogen-bond acceptors (Lipinski definition) is 2. The molecular weight excluding hydrogens is 416 g/mol. The molecule has 0 saturated carbocycles. The Labute approximate surface area is 152 Å². The van der Waals surface area contributed by atoms with E-state index in [0.717, 1.165) is 26.0 Å². The molecule has 0 aliphatic carbocycles. The van der Waals surface area contributed by atoms with Crippen LogP contribution < -0.4 is 4.90 Å². The topological polar surface area (TPSA) is 27.0 Å².